The topological polar surface area (TPSA) is 94.5 Å². The van der Waals surface area contributed by atoms with E-state index in [1.807, 2.05) is 13.0 Å². The Morgan fingerprint density at radius 2 is 2.15 bits per heavy atom. The number of anilines is 1. The zero-order chi connectivity index (χ0) is 18.3. The lowest BCUT2D eigenvalue weighted by Crippen LogP contribution is -2.11. The Labute approximate surface area is 159 Å². The molecule has 0 aliphatic heterocycles. The van der Waals surface area contributed by atoms with Crippen molar-refractivity contribution in [3.63, 3.8) is 0 Å². The van der Waals surface area contributed by atoms with Gasteiger partial charge in [-0.2, -0.15) is 9.61 Å². The maximum atomic E-state index is 12.4. The number of amides is 1. The summed E-state index contributed by atoms with van der Waals surface area (Å²) in [6.45, 7) is 1.84. The standard InChI is InChI=1S/C16H12BrN5O3S/c1-8-19-20-16-22(8)21-15(26-16)9-3-4-11(24-2)10(7-9)18-14(23)12-5-6-13(17)25-12/h3-7H,1-2H3,(H,18,23). The van der Waals surface area contributed by atoms with Crippen molar-refractivity contribution in [3.8, 4) is 16.3 Å². The smallest absolute Gasteiger partial charge is 0.291 e. The van der Waals surface area contributed by atoms with Gasteiger partial charge in [-0.3, -0.25) is 4.79 Å². The van der Waals surface area contributed by atoms with Crippen molar-refractivity contribution in [2.24, 2.45) is 0 Å². The van der Waals surface area contributed by atoms with Crippen LogP contribution >= 0.6 is 27.3 Å². The van der Waals surface area contributed by atoms with Crippen LogP contribution in [0.5, 0.6) is 5.75 Å². The van der Waals surface area contributed by atoms with Gasteiger partial charge in [0, 0.05) is 5.56 Å². The van der Waals surface area contributed by atoms with Crippen LogP contribution in [0.3, 0.4) is 0 Å². The van der Waals surface area contributed by atoms with Gasteiger partial charge in [0.15, 0.2) is 16.3 Å². The van der Waals surface area contributed by atoms with E-state index in [1.165, 1.54) is 11.3 Å². The molecule has 8 nitrogen and oxygen atoms in total. The third kappa shape index (κ3) is 2.97. The first kappa shape index (κ1) is 16.7. The number of aromatic nitrogens is 4. The molecule has 1 aromatic carbocycles. The van der Waals surface area contributed by atoms with Crippen molar-refractivity contribution < 1.29 is 13.9 Å². The van der Waals surface area contributed by atoms with Gasteiger partial charge in [-0.1, -0.05) is 11.3 Å². The molecular formula is C16H12BrN5O3S. The second-order valence-electron chi connectivity index (χ2n) is 5.32. The first-order valence-corrected chi connectivity index (χ1v) is 9.10. The Kier molecular flexibility index (Phi) is 4.21. The highest BCUT2D eigenvalue weighted by molar-refractivity contribution is 9.10. The number of aryl methyl sites for hydroxylation is 1. The zero-order valence-corrected chi connectivity index (χ0v) is 16.1. The number of carbonyl (C=O) groups excluding carboxylic acids is 1. The fourth-order valence-corrected chi connectivity index (χ4v) is 3.58. The number of fused-ring (bicyclic) bond motifs is 1. The van der Waals surface area contributed by atoms with E-state index in [0.29, 0.717) is 26.9 Å². The van der Waals surface area contributed by atoms with E-state index in [9.17, 15) is 4.79 Å². The van der Waals surface area contributed by atoms with Gasteiger partial charge in [0.05, 0.1) is 12.8 Å². The predicted octanol–water partition coefficient (Wildman–Crippen LogP) is 3.78. The number of hydrogen-bond donors (Lipinski definition) is 1. The van der Waals surface area contributed by atoms with Gasteiger partial charge in [-0.05, 0) is 53.2 Å². The average molecular weight is 434 g/mol. The molecule has 0 spiro atoms. The van der Waals surface area contributed by atoms with Gasteiger partial charge >= 0.3 is 0 Å². The lowest BCUT2D eigenvalue weighted by molar-refractivity contribution is 0.0995. The number of nitrogens with one attached hydrogen (secondary N) is 1. The SMILES string of the molecule is COc1ccc(-c2nn3c(C)nnc3s2)cc1NC(=O)c1ccc(Br)o1. The number of hydrogen-bond acceptors (Lipinski definition) is 7. The van der Waals surface area contributed by atoms with Gasteiger partial charge < -0.3 is 14.5 Å². The summed E-state index contributed by atoms with van der Waals surface area (Å²) in [6.07, 6.45) is 0. The number of rotatable bonds is 4. The molecule has 0 bridgehead atoms. The normalized spacial score (nSPS) is 11.0. The molecule has 0 atom stereocenters. The van der Waals surface area contributed by atoms with Crippen LogP contribution in [0.1, 0.15) is 16.4 Å². The summed E-state index contributed by atoms with van der Waals surface area (Å²) in [4.78, 5) is 13.1. The van der Waals surface area contributed by atoms with Crippen LogP contribution < -0.4 is 10.1 Å². The molecule has 10 heteroatoms. The predicted molar refractivity (Wildman–Crippen MR) is 99.7 cm³/mol. The molecule has 26 heavy (non-hydrogen) atoms. The largest absolute Gasteiger partial charge is 0.495 e. The van der Waals surface area contributed by atoms with Crippen molar-refractivity contribution in [1.82, 2.24) is 19.8 Å². The quantitative estimate of drug-likeness (QED) is 0.526. The monoisotopic (exact) mass is 433 g/mol. The number of nitrogens with zero attached hydrogens (tertiary/aromatic N) is 4. The molecule has 1 amide bonds. The average Bonchev–Trinajstić information content (AvgIpc) is 3.33. The van der Waals surface area contributed by atoms with E-state index < -0.39 is 0 Å². The molecule has 3 aromatic heterocycles. The van der Waals surface area contributed by atoms with E-state index in [0.717, 1.165) is 10.6 Å². The van der Waals surface area contributed by atoms with E-state index in [-0.39, 0.29) is 11.7 Å². The minimum atomic E-state index is -0.375. The highest BCUT2D eigenvalue weighted by Gasteiger charge is 2.16. The minimum Gasteiger partial charge on any atom is -0.495 e. The van der Waals surface area contributed by atoms with Crippen LogP contribution in [-0.2, 0) is 0 Å². The van der Waals surface area contributed by atoms with Crippen molar-refractivity contribution in [2.45, 2.75) is 6.92 Å². The maximum absolute atomic E-state index is 12.4. The minimum absolute atomic E-state index is 0.193. The van der Waals surface area contributed by atoms with Gasteiger partial charge in [0.25, 0.3) is 5.91 Å². The fraction of sp³-hybridized carbons (Fsp3) is 0.125. The highest BCUT2D eigenvalue weighted by Crippen LogP contribution is 2.33. The van der Waals surface area contributed by atoms with Crippen LogP contribution in [0.25, 0.3) is 15.5 Å². The molecular weight excluding hydrogens is 422 g/mol. The Bertz CT molecular complexity index is 1120. The van der Waals surface area contributed by atoms with E-state index in [2.05, 4.69) is 36.5 Å². The molecule has 4 aromatic rings. The molecule has 4 rings (SSSR count). The Balaban J connectivity index is 1.69. The Morgan fingerprint density at radius 1 is 1.31 bits per heavy atom. The molecule has 0 aliphatic rings. The molecule has 3 heterocycles. The van der Waals surface area contributed by atoms with E-state index >= 15 is 0 Å². The third-order valence-electron chi connectivity index (χ3n) is 3.64. The first-order chi connectivity index (χ1) is 12.5. The second-order valence-corrected chi connectivity index (χ2v) is 7.06. The summed E-state index contributed by atoms with van der Waals surface area (Å²) in [5.74, 6) is 1.07. The zero-order valence-electron chi connectivity index (χ0n) is 13.7. The van der Waals surface area contributed by atoms with Crippen LogP contribution in [0.15, 0.2) is 39.4 Å². The second kappa shape index (κ2) is 6.54. The Morgan fingerprint density at radius 3 is 2.85 bits per heavy atom. The molecule has 1 N–H and O–H groups in total. The van der Waals surface area contributed by atoms with E-state index in [1.54, 1.807) is 35.9 Å². The van der Waals surface area contributed by atoms with Crippen LogP contribution in [0.2, 0.25) is 0 Å². The molecule has 0 aliphatic carbocycles. The molecule has 0 fully saturated rings. The summed E-state index contributed by atoms with van der Waals surface area (Å²) in [5.41, 5.74) is 1.35. The fourth-order valence-electron chi connectivity index (χ4n) is 2.39. The Hall–Kier alpha value is -2.72. The molecule has 0 saturated heterocycles. The lowest BCUT2D eigenvalue weighted by Gasteiger charge is -2.10. The number of benzene rings is 1. The number of furan rings is 1. The van der Waals surface area contributed by atoms with Crippen LogP contribution in [0.4, 0.5) is 5.69 Å². The van der Waals surface area contributed by atoms with Crippen molar-refractivity contribution in [1.29, 1.82) is 0 Å². The van der Waals surface area contributed by atoms with Gasteiger partial charge in [-0.25, -0.2) is 0 Å². The maximum Gasteiger partial charge on any atom is 0.291 e. The van der Waals surface area contributed by atoms with Gasteiger partial charge in [0.2, 0.25) is 4.96 Å². The summed E-state index contributed by atoms with van der Waals surface area (Å²) >= 11 is 4.60. The number of carbonyl (C=O) groups is 1. The molecule has 0 radical (unpaired) electrons. The van der Waals surface area contributed by atoms with Gasteiger partial charge in [-0.15, -0.1) is 10.2 Å². The third-order valence-corrected chi connectivity index (χ3v) is 5.01. The molecule has 0 unspecified atom stereocenters. The highest BCUT2D eigenvalue weighted by atomic mass is 79.9. The number of methoxy groups -OCH3 is 1. The van der Waals surface area contributed by atoms with Crippen molar-refractivity contribution >= 4 is 43.8 Å². The first-order valence-electron chi connectivity index (χ1n) is 7.49. The van der Waals surface area contributed by atoms with Crippen LogP contribution in [-0.4, -0.2) is 32.8 Å². The van der Waals surface area contributed by atoms with E-state index in [4.69, 9.17) is 9.15 Å². The van der Waals surface area contributed by atoms with Gasteiger partial charge in [0.1, 0.15) is 10.8 Å². The molecule has 0 saturated carbocycles. The summed E-state index contributed by atoms with van der Waals surface area (Å²) < 4.78 is 12.8. The lowest BCUT2D eigenvalue weighted by atomic mass is 10.2. The summed E-state index contributed by atoms with van der Waals surface area (Å²) in [7, 11) is 1.54. The molecule has 132 valence electrons. The number of halogens is 1. The summed E-state index contributed by atoms with van der Waals surface area (Å²) in [6, 6.07) is 8.69. The van der Waals surface area contributed by atoms with Crippen molar-refractivity contribution in [2.75, 3.05) is 12.4 Å². The van der Waals surface area contributed by atoms with Crippen molar-refractivity contribution in [3.05, 3.63) is 46.6 Å². The van der Waals surface area contributed by atoms with Crippen LogP contribution in [0, 0.1) is 6.92 Å². The number of ether oxygens (including phenoxy) is 1. The summed E-state index contributed by atoms with van der Waals surface area (Å²) in [5, 5.41) is 16.1.